The first-order valence-electron chi connectivity index (χ1n) is 6.51. The molecule has 0 heterocycles. The minimum atomic E-state index is -0.386. The van der Waals surface area contributed by atoms with Gasteiger partial charge in [0.1, 0.15) is 5.75 Å². The van der Waals surface area contributed by atoms with Gasteiger partial charge in [0, 0.05) is 18.1 Å². The molecular weight excluding hydrogens is 329 g/mol. The number of hydrogen-bond donors (Lipinski definition) is 0. The minimum Gasteiger partial charge on any atom is -0.482 e. The van der Waals surface area contributed by atoms with Gasteiger partial charge in [0.25, 0.3) is 5.91 Å². The highest BCUT2D eigenvalue weighted by molar-refractivity contribution is 6.35. The zero-order valence-corrected chi connectivity index (χ0v) is 13.7. The summed E-state index contributed by atoms with van der Waals surface area (Å²) in [6.45, 7) is 3.93. The second-order valence-corrected chi connectivity index (χ2v) is 5.16. The molecule has 1 aromatic rings. The van der Waals surface area contributed by atoms with Crippen LogP contribution in [0.4, 0.5) is 0 Å². The highest BCUT2D eigenvalue weighted by Crippen LogP contribution is 2.27. The van der Waals surface area contributed by atoms with Crippen molar-refractivity contribution in [3.05, 3.63) is 40.9 Å². The molecule has 1 amide bonds. The van der Waals surface area contributed by atoms with Crippen LogP contribution in [0.15, 0.2) is 30.9 Å². The van der Waals surface area contributed by atoms with Crippen molar-refractivity contribution in [2.75, 3.05) is 26.8 Å². The van der Waals surface area contributed by atoms with Gasteiger partial charge in [0.15, 0.2) is 6.61 Å². The third kappa shape index (κ3) is 5.95. The molecule has 120 valence electrons. The number of ether oxygens (including phenoxy) is 2. The van der Waals surface area contributed by atoms with E-state index in [9.17, 15) is 9.59 Å². The number of carbonyl (C=O) groups is 2. The number of rotatable bonds is 8. The third-order valence-corrected chi connectivity index (χ3v) is 3.29. The molecule has 5 nitrogen and oxygen atoms in total. The maximum atomic E-state index is 12.1. The van der Waals surface area contributed by atoms with Crippen LogP contribution in [0.3, 0.4) is 0 Å². The summed E-state index contributed by atoms with van der Waals surface area (Å²) in [4.78, 5) is 24.7. The number of hydrogen-bond acceptors (Lipinski definition) is 4. The molecular formula is C15H17Cl2NO4. The molecule has 0 bridgehead atoms. The van der Waals surface area contributed by atoms with Crippen LogP contribution < -0.4 is 4.74 Å². The lowest BCUT2D eigenvalue weighted by atomic mass is 10.3. The fourth-order valence-corrected chi connectivity index (χ4v) is 2.09. The van der Waals surface area contributed by atoms with Crippen LogP contribution in [0.25, 0.3) is 0 Å². The number of benzene rings is 1. The molecule has 0 aliphatic rings. The Bertz CT molecular complexity index is 548. The summed E-state index contributed by atoms with van der Waals surface area (Å²) in [7, 11) is 1.30. The van der Waals surface area contributed by atoms with Crippen molar-refractivity contribution in [1.82, 2.24) is 4.90 Å². The van der Waals surface area contributed by atoms with Crippen molar-refractivity contribution in [2.24, 2.45) is 0 Å². The molecule has 22 heavy (non-hydrogen) atoms. The van der Waals surface area contributed by atoms with Crippen molar-refractivity contribution in [1.29, 1.82) is 0 Å². The van der Waals surface area contributed by atoms with Crippen molar-refractivity contribution in [3.8, 4) is 5.75 Å². The summed E-state index contributed by atoms with van der Waals surface area (Å²) in [6, 6.07) is 4.73. The fraction of sp³-hybridized carbons (Fsp3) is 0.333. The Hall–Kier alpha value is -1.72. The van der Waals surface area contributed by atoms with E-state index in [-0.39, 0.29) is 31.4 Å². The SMILES string of the molecule is C=CCN(CCC(=O)OC)C(=O)COc1ccc(Cl)cc1Cl. The number of carbonyl (C=O) groups excluding carboxylic acids is 2. The minimum absolute atomic E-state index is 0.109. The topological polar surface area (TPSA) is 55.8 Å². The van der Waals surface area contributed by atoms with Crippen LogP contribution >= 0.6 is 23.2 Å². The van der Waals surface area contributed by atoms with Gasteiger partial charge in [-0.15, -0.1) is 6.58 Å². The van der Waals surface area contributed by atoms with Crippen molar-refractivity contribution in [2.45, 2.75) is 6.42 Å². The van der Waals surface area contributed by atoms with Gasteiger partial charge in [0.05, 0.1) is 18.6 Å². The molecule has 0 aromatic heterocycles. The van der Waals surface area contributed by atoms with E-state index < -0.39 is 0 Å². The first kappa shape index (κ1) is 18.3. The zero-order chi connectivity index (χ0) is 16.5. The fourth-order valence-electron chi connectivity index (χ4n) is 1.62. The Balaban J connectivity index is 2.58. The number of esters is 1. The zero-order valence-electron chi connectivity index (χ0n) is 12.2. The summed E-state index contributed by atoms with van der Waals surface area (Å²) < 4.78 is 9.93. The third-order valence-electron chi connectivity index (χ3n) is 2.76. The molecule has 0 aliphatic carbocycles. The predicted molar refractivity (Wildman–Crippen MR) is 85.4 cm³/mol. The lowest BCUT2D eigenvalue weighted by Crippen LogP contribution is -2.36. The number of amides is 1. The van der Waals surface area contributed by atoms with Gasteiger partial charge in [-0.3, -0.25) is 9.59 Å². The van der Waals surface area contributed by atoms with Crippen molar-refractivity contribution in [3.63, 3.8) is 0 Å². The van der Waals surface area contributed by atoms with E-state index in [1.807, 2.05) is 0 Å². The smallest absolute Gasteiger partial charge is 0.307 e. The molecule has 0 aliphatic heterocycles. The summed E-state index contributed by atoms with van der Waals surface area (Å²) in [6.07, 6.45) is 1.68. The normalized spacial score (nSPS) is 9.95. The van der Waals surface area contributed by atoms with Crippen LogP contribution in [-0.2, 0) is 14.3 Å². The Morgan fingerprint density at radius 3 is 2.68 bits per heavy atom. The van der Waals surface area contributed by atoms with E-state index in [0.29, 0.717) is 22.3 Å². The van der Waals surface area contributed by atoms with Gasteiger partial charge in [-0.1, -0.05) is 29.3 Å². The highest BCUT2D eigenvalue weighted by atomic mass is 35.5. The summed E-state index contributed by atoms with van der Waals surface area (Å²) in [5, 5.41) is 0.806. The second-order valence-electron chi connectivity index (χ2n) is 4.32. The summed E-state index contributed by atoms with van der Waals surface area (Å²) >= 11 is 11.7. The Labute approximate surface area is 139 Å². The largest absolute Gasteiger partial charge is 0.482 e. The van der Waals surface area contributed by atoms with E-state index in [4.69, 9.17) is 27.9 Å². The molecule has 0 saturated heterocycles. The van der Waals surface area contributed by atoms with Gasteiger partial charge in [-0.25, -0.2) is 0 Å². The molecule has 0 spiro atoms. The molecule has 0 radical (unpaired) electrons. The Morgan fingerprint density at radius 2 is 2.09 bits per heavy atom. The van der Waals surface area contributed by atoms with E-state index in [1.165, 1.54) is 18.1 Å². The predicted octanol–water partition coefficient (Wildman–Crippen LogP) is 2.95. The lowest BCUT2D eigenvalue weighted by molar-refractivity contribution is -0.141. The quantitative estimate of drug-likeness (QED) is 0.536. The van der Waals surface area contributed by atoms with Crippen LogP contribution in [0.2, 0.25) is 10.0 Å². The van der Waals surface area contributed by atoms with Gasteiger partial charge in [-0.2, -0.15) is 0 Å². The van der Waals surface area contributed by atoms with Crippen LogP contribution in [0.1, 0.15) is 6.42 Å². The van der Waals surface area contributed by atoms with Crippen LogP contribution in [-0.4, -0.2) is 43.6 Å². The molecule has 0 atom stereocenters. The lowest BCUT2D eigenvalue weighted by Gasteiger charge is -2.20. The standard InChI is InChI=1S/C15H17Cl2NO4/c1-3-7-18(8-6-15(20)21-2)14(19)10-22-13-5-4-11(16)9-12(13)17/h3-5,9H,1,6-8,10H2,2H3. The van der Waals surface area contributed by atoms with E-state index in [0.717, 1.165) is 0 Å². The second kappa shape index (κ2) is 9.33. The highest BCUT2D eigenvalue weighted by Gasteiger charge is 2.15. The molecule has 7 heteroatoms. The van der Waals surface area contributed by atoms with Gasteiger partial charge < -0.3 is 14.4 Å². The maximum Gasteiger partial charge on any atom is 0.307 e. The molecule has 0 unspecified atom stereocenters. The number of halogens is 2. The van der Waals surface area contributed by atoms with E-state index in [2.05, 4.69) is 11.3 Å². The average Bonchev–Trinajstić information content (AvgIpc) is 2.49. The van der Waals surface area contributed by atoms with Gasteiger partial charge in [-0.05, 0) is 18.2 Å². The average molecular weight is 346 g/mol. The molecule has 1 rings (SSSR count). The maximum absolute atomic E-state index is 12.1. The number of nitrogens with zero attached hydrogens (tertiary/aromatic N) is 1. The molecule has 1 aromatic carbocycles. The molecule has 0 saturated carbocycles. The van der Waals surface area contributed by atoms with Gasteiger partial charge in [0.2, 0.25) is 0 Å². The van der Waals surface area contributed by atoms with Crippen LogP contribution in [0, 0.1) is 0 Å². The monoisotopic (exact) mass is 345 g/mol. The first-order valence-corrected chi connectivity index (χ1v) is 7.27. The van der Waals surface area contributed by atoms with E-state index >= 15 is 0 Å². The van der Waals surface area contributed by atoms with Crippen LogP contribution in [0.5, 0.6) is 5.75 Å². The number of methoxy groups -OCH3 is 1. The molecule has 0 fully saturated rings. The summed E-state index contributed by atoms with van der Waals surface area (Å²) in [5.41, 5.74) is 0. The van der Waals surface area contributed by atoms with Crippen molar-refractivity contribution >= 4 is 35.1 Å². The first-order chi connectivity index (χ1) is 10.5. The van der Waals surface area contributed by atoms with Gasteiger partial charge >= 0.3 is 5.97 Å². The Morgan fingerprint density at radius 1 is 1.36 bits per heavy atom. The molecule has 0 N–H and O–H groups in total. The Kier molecular flexibility index (Phi) is 7.77. The summed E-state index contributed by atoms with van der Waals surface area (Å²) in [5.74, 6) is -0.302. The van der Waals surface area contributed by atoms with E-state index in [1.54, 1.807) is 18.2 Å². The van der Waals surface area contributed by atoms with Crippen molar-refractivity contribution < 1.29 is 19.1 Å².